The monoisotopic (exact) mass is 402 g/mol. The molecule has 0 atom stereocenters. The molecule has 1 aromatic carbocycles. The van der Waals surface area contributed by atoms with Gasteiger partial charge in [0, 0.05) is 44.2 Å². The predicted octanol–water partition coefficient (Wildman–Crippen LogP) is 2.21. The van der Waals surface area contributed by atoms with Crippen molar-refractivity contribution in [2.45, 2.75) is 6.92 Å². The molecule has 1 amide bonds. The van der Waals surface area contributed by atoms with Gasteiger partial charge in [-0.15, -0.1) is 0 Å². The van der Waals surface area contributed by atoms with Gasteiger partial charge in [0.15, 0.2) is 5.82 Å². The van der Waals surface area contributed by atoms with Crippen molar-refractivity contribution in [1.29, 1.82) is 0 Å². The van der Waals surface area contributed by atoms with E-state index in [9.17, 15) is 4.79 Å². The van der Waals surface area contributed by atoms with Crippen LogP contribution in [0.1, 0.15) is 16.3 Å². The first-order valence-electron chi connectivity index (χ1n) is 9.57. The highest BCUT2D eigenvalue weighted by Crippen LogP contribution is 2.18. The van der Waals surface area contributed by atoms with E-state index in [1.165, 1.54) is 0 Å². The molecule has 0 saturated heterocycles. The second-order valence-corrected chi connectivity index (χ2v) is 6.70. The smallest absolute Gasteiger partial charge is 0.269 e. The molecule has 0 fully saturated rings. The second-order valence-electron chi connectivity index (χ2n) is 6.70. The Labute approximate surface area is 173 Å². The molecule has 0 unspecified atom stereocenters. The molecule has 0 saturated carbocycles. The highest BCUT2D eigenvalue weighted by molar-refractivity contribution is 5.93. The van der Waals surface area contributed by atoms with Crippen molar-refractivity contribution >= 4 is 11.7 Å². The van der Waals surface area contributed by atoms with Crippen LogP contribution in [0.2, 0.25) is 0 Å². The number of carbonyl (C=O) groups is 1. The van der Waals surface area contributed by atoms with E-state index in [1.807, 2.05) is 55.6 Å². The lowest BCUT2D eigenvalue weighted by molar-refractivity contribution is 0.0946. The molecular weight excluding hydrogens is 380 g/mol. The lowest BCUT2D eigenvalue weighted by atomic mass is 10.1. The van der Waals surface area contributed by atoms with Gasteiger partial charge in [-0.05, 0) is 19.1 Å². The maximum atomic E-state index is 12.5. The van der Waals surface area contributed by atoms with Gasteiger partial charge in [-0.2, -0.15) is 10.2 Å². The van der Waals surface area contributed by atoms with Crippen molar-refractivity contribution in [2.75, 3.05) is 18.4 Å². The molecule has 0 radical (unpaired) electrons. The van der Waals surface area contributed by atoms with Crippen molar-refractivity contribution < 1.29 is 4.79 Å². The summed E-state index contributed by atoms with van der Waals surface area (Å²) in [6, 6.07) is 15.2. The quantitative estimate of drug-likeness (QED) is 0.460. The van der Waals surface area contributed by atoms with E-state index in [4.69, 9.17) is 0 Å². The number of rotatable bonds is 7. The molecule has 152 valence electrons. The van der Waals surface area contributed by atoms with E-state index in [0.717, 1.165) is 11.3 Å². The molecule has 0 aliphatic carbocycles. The van der Waals surface area contributed by atoms with Gasteiger partial charge in [0.1, 0.15) is 17.3 Å². The number of aryl methyl sites for hydroxylation is 2. The summed E-state index contributed by atoms with van der Waals surface area (Å²) in [5, 5.41) is 14.7. The molecule has 0 bridgehead atoms. The van der Waals surface area contributed by atoms with Crippen LogP contribution in [-0.2, 0) is 7.05 Å². The Hall–Kier alpha value is -4.01. The Morgan fingerprint density at radius 2 is 1.90 bits per heavy atom. The topological polar surface area (TPSA) is 103 Å². The van der Waals surface area contributed by atoms with E-state index in [0.29, 0.717) is 36.2 Å². The van der Waals surface area contributed by atoms with Crippen LogP contribution in [0, 0.1) is 6.92 Å². The third-order valence-electron chi connectivity index (χ3n) is 4.46. The van der Waals surface area contributed by atoms with Crippen LogP contribution in [-0.4, -0.2) is 48.5 Å². The van der Waals surface area contributed by atoms with Crippen LogP contribution in [0.3, 0.4) is 0 Å². The first-order chi connectivity index (χ1) is 14.6. The summed E-state index contributed by atoms with van der Waals surface area (Å²) in [4.78, 5) is 21.3. The lowest BCUT2D eigenvalue weighted by Crippen LogP contribution is -2.30. The molecule has 3 heterocycles. The molecule has 0 spiro atoms. The summed E-state index contributed by atoms with van der Waals surface area (Å²) in [7, 11) is 1.76. The zero-order chi connectivity index (χ0) is 20.9. The number of hydrogen-bond donors (Lipinski definition) is 2. The Bertz CT molecular complexity index is 1140. The molecule has 0 aliphatic heterocycles. The summed E-state index contributed by atoms with van der Waals surface area (Å²) in [5.74, 6) is 1.82. The zero-order valence-corrected chi connectivity index (χ0v) is 16.8. The maximum absolute atomic E-state index is 12.5. The highest BCUT2D eigenvalue weighted by atomic mass is 16.2. The van der Waals surface area contributed by atoms with Crippen LogP contribution in [0.4, 0.5) is 5.82 Å². The molecule has 30 heavy (non-hydrogen) atoms. The van der Waals surface area contributed by atoms with Crippen LogP contribution < -0.4 is 10.6 Å². The first-order valence-corrected chi connectivity index (χ1v) is 9.57. The first kappa shape index (κ1) is 19.3. The van der Waals surface area contributed by atoms with Crippen molar-refractivity contribution in [3.63, 3.8) is 0 Å². The summed E-state index contributed by atoms with van der Waals surface area (Å²) in [6.45, 7) is 2.78. The molecule has 2 N–H and O–H groups in total. The Morgan fingerprint density at radius 1 is 1.07 bits per heavy atom. The van der Waals surface area contributed by atoms with E-state index in [-0.39, 0.29) is 5.91 Å². The predicted molar refractivity (Wildman–Crippen MR) is 113 cm³/mol. The highest BCUT2D eigenvalue weighted by Gasteiger charge is 2.13. The Morgan fingerprint density at radius 3 is 2.67 bits per heavy atom. The minimum atomic E-state index is -0.176. The van der Waals surface area contributed by atoms with Crippen molar-refractivity contribution in [1.82, 2.24) is 34.8 Å². The molecule has 3 aromatic heterocycles. The largest absolute Gasteiger partial charge is 0.368 e. The summed E-state index contributed by atoms with van der Waals surface area (Å²) >= 11 is 0. The third kappa shape index (κ3) is 4.35. The van der Waals surface area contributed by atoms with Gasteiger partial charge in [-0.25, -0.2) is 14.6 Å². The van der Waals surface area contributed by atoms with Crippen LogP contribution in [0.15, 0.2) is 60.9 Å². The minimum Gasteiger partial charge on any atom is -0.368 e. The lowest BCUT2D eigenvalue weighted by Gasteiger charge is -2.09. The summed E-state index contributed by atoms with van der Waals surface area (Å²) in [5.41, 5.74) is 2.25. The van der Waals surface area contributed by atoms with Gasteiger partial charge in [-0.1, -0.05) is 30.3 Å². The minimum absolute atomic E-state index is 0.176. The van der Waals surface area contributed by atoms with E-state index >= 15 is 0 Å². The maximum Gasteiger partial charge on any atom is 0.269 e. The number of nitrogens with one attached hydrogen (secondary N) is 2. The Balaban J connectivity index is 1.34. The van der Waals surface area contributed by atoms with Gasteiger partial charge in [0.2, 0.25) is 0 Å². The molecule has 9 nitrogen and oxygen atoms in total. The van der Waals surface area contributed by atoms with Crippen molar-refractivity contribution in [3.05, 3.63) is 72.4 Å². The number of amides is 1. The van der Waals surface area contributed by atoms with E-state index in [1.54, 1.807) is 28.7 Å². The fraction of sp³-hybridized carbons (Fsp3) is 0.190. The number of nitrogens with zero attached hydrogens (tertiary/aromatic N) is 6. The molecule has 9 heteroatoms. The number of aromatic nitrogens is 6. The SMILES string of the molecule is Cc1nc(NCCNC(=O)c2cc(-c3ccccc3)nn2C)cc(-n2cccn2)n1. The third-order valence-corrected chi connectivity index (χ3v) is 4.46. The average Bonchev–Trinajstić information content (AvgIpc) is 3.41. The van der Waals surface area contributed by atoms with Crippen LogP contribution in [0.25, 0.3) is 17.1 Å². The standard InChI is InChI=1S/C21H22N8O/c1-15-25-19(14-20(26-15)29-12-6-9-24-29)22-10-11-23-21(30)18-13-17(27-28(18)2)16-7-4-3-5-8-16/h3-9,12-14H,10-11H2,1-2H3,(H,23,30)(H,22,25,26). The summed E-state index contributed by atoms with van der Waals surface area (Å²) in [6.07, 6.45) is 3.52. The Kier molecular flexibility index (Phi) is 5.51. The normalized spacial score (nSPS) is 10.7. The molecule has 4 rings (SSSR count). The van der Waals surface area contributed by atoms with Gasteiger partial charge in [0.25, 0.3) is 5.91 Å². The van der Waals surface area contributed by atoms with E-state index < -0.39 is 0 Å². The fourth-order valence-electron chi connectivity index (χ4n) is 3.05. The summed E-state index contributed by atoms with van der Waals surface area (Å²) < 4.78 is 3.27. The van der Waals surface area contributed by atoms with Crippen LogP contribution in [0.5, 0.6) is 0 Å². The molecule has 0 aliphatic rings. The van der Waals surface area contributed by atoms with Crippen molar-refractivity contribution in [2.24, 2.45) is 7.05 Å². The van der Waals surface area contributed by atoms with Gasteiger partial charge in [0.05, 0.1) is 5.69 Å². The fourth-order valence-corrected chi connectivity index (χ4v) is 3.05. The number of carbonyl (C=O) groups excluding carboxylic acids is 1. The second kappa shape index (κ2) is 8.56. The number of anilines is 1. The molecule has 4 aromatic rings. The van der Waals surface area contributed by atoms with Gasteiger partial charge >= 0.3 is 0 Å². The molecular formula is C21H22N8O. The van der Waals surface area contributed by atoms with Crippen molar-refractivity contribution in [3.8, 4) is 17.1 Å². The van der Waals surface area contributed by atoms with Crippen LogP contribution >= 0.6 is 0 Å². The van der Waals surface area contributed by atoms with Gasteiger partial charge in [-0.3, -0.25) is 9.48 Å². The van der Waals surface area contributed by atoms with Gasteiger partial charge < -0.3 is 10.6 Å². The van der Waals surface area contributed by atoms with E-state index in [2.05, 4.69) is 30.8 Å². The average molecular weight is 402 g/mol. The number of benzene rings is 1. The number of hydrogen-bond acceptors (Lipinski definition) is 6. The zero-order valence-electron chi connectivity index (χ0n) is 16.8.